The summed E-state index contributed by atoms with van der Waals surface area (Å²) in [6.45, 7) is 4.03. The van der Waals surface area contributed by atoms with Crippen LogP contribution >= 0.6 is 0 Å². The molecule has 1 aliphatic carbocycles. The SMILES string of the molecule is CCOC(=O)NC1(C(=O)O)CCC(C)CC1. The molecule has 0 bridgehead atoms. The molecule has 16 heavy (non-hydrogen) atoms. The fraction of sp³-hybridized carbons (Fsp3) is 0.818. The number of hydrogen-bond acceptors (Lipinski definition) is 3. The summed E-state index contributed by atoms with van der Waals surface area (Å²) in [5.41, 5.74) is -1.13. The monoisotopic (exact) mass is 229 g/mol. The summed E-state index contributed by atoms with van der Waals surface area (Å²) >= 11 is 0. The van der Waals surface area contributed by atoms with E-state index in [9.17, 15) is 14.7 Å². The third-order valence-electron chi connectivity index (χ3n) is 3.15. The highest BCUT2D eigenvalue weighted by atomic mass is 16.5. The van der Waals surface area contributed by atoms with Crippen LogP contribution in [0.5, 0.6) is 0 Å². The summed E-state index contributed by atoms with van der Waals surface area (Å²) < 4.78 is 4.73. The van der Waals surface area contributed by atoms with E-state index >= 15 is 0 Å². The fourth-order valence-corrected chi connectivity index (χ4v) is 2.01. The molecule has 1 aliphatic rings. The van der Waals surface area contributed by atoms with Crippen molar-refractivity contribution in [2.24, 2.45) is 5.92 Å². The summed E-state index contributed by atoms with van der Waals surface area (Å²) in [6, 6.07) is 0. The molecule has 0 aromatic heterocycles. The Labute approximate surface area is 95.2 Å². The van der Waals surface area contributed by atoms with Crippen LogP contribution in [0.1, 0.15) is 39.5 Å². The molecule has 0 aromatic carbocycles. The summed E-state index contributed by atoms with van der Waals surface area (Å²) in [7, 11) is 0. The van der Waals surface area contributed by atoms with Crippen LogP contribution in [0.2, 0.25) is 0 Å². The molecular formula is C11H19NO4. The van der Waals surface area contributed by atoms with E-state index in [1.807, 2.05) is 0 Å². The van der Waals surface area contributed by atoms with Crippen molar-refractivity contribution in [3.05, 3.63) is 0 Å². The van der Waals surface area contributed by atoms with Crippen molar-refractivity contribution >= 4 is 12.1 Å². The molecule has 92 valence electrons. The third-order valence-corrected chi connectivity index (χ3v) is 3.15. The number of carbonyl (C=O) groups is 2. The summed E-state index contributed by atoms with van der Waals surface area (Å²) in [4.78, 5) is 22.6. The Balaban J connectivity index is 2.66. The van der Waals surface area contributed by atoms with E-state index in [-0.39, 0.29) is 6.61 Å². The van der Waals surface area contributed by atoms with Gasteiger partial charge >= 0.3 is 12.1 Å². The molecule has 1 saturated carbocycles. The zero-order chi connectivity index (χ0) is 12.2. The number of hydrogen-bond donors (Lipinski definition) is 2. The average molecular weight is 229 g/mol. The first-order valence-electron chi connectivity index (χ1n) is 5.68. The molecule has 0 atom stereocenters. The first kappa shape index (κ1) is 12.8. The second-order valence-corrected chi connectivity index (χ2v) is 4.42. The first-order valence-corrected chi connectivity index (χ1v) is 5.68. The summed E-state index contributed by atoms with van der Waals surface area (Å²) in [6.07, 6.45) is 1.95. The number of ether oxygens (including phenoxy) is 1. The quantitative estimate of drug-likeness (QED) is 0.773. The molecule has 0 unspecified atom stereocenters. The molecule has 0 spiro atoms. The Morgan fingerprint density at radius 1 is 1.44 bits per heavy atom. The van der Waals surface area contributed by atoms with Gasteiger partial charge in [0.1, 0.15) is 5.54 Å². The van der Waals surface area contributed by atoms with Crippen LogP contribution < -0.4 is 5.32 Å². The molecule has 0 aromatic rings. The predicted molar refractivity (Wildman–Crippen MR) is 58.2 cm³/mol. The van der Waals surface area contributed by atoms with Gasteiger partial charge in [0.15, 0.2) is 0 Å². The Kier molecular flexibility index (Phi) is 4.15. The second kappa shape index (κ2) is 5.18. The molecule has 0 heterocycles. The van der Waals surface area contributed by atoms with Gasteiger partial charge in [-0.15, -0.1) is 0 Å². The van der Waals surface area contributed by atoms with E-state index in [0.717, 1.165) is 12.8 Å². The van der Waals surface area contributed by atoms with Crippen molar-refractivity contribution in [2.45, 2.75) is 45.1 Å². The second-order valence-electron chi connectivity index (χ2n) is 4.42. The van der Waals surface area contributed by atoms with E-state index in [4.69, 9.17) is 4.74 Å². The van der Waals surface area contributed by atoms with Crippen molar-refractivity contribution in [3.63, 3.8) is 0 Å². The van der Waals surface area contributed by atoms with Crippen molar-refractivity contribution in [1.29, 1.82) is 0 Å². The molecule has 0 saturated heterocycles. The first-order chi connectivity index (χ1) is 7.50. The topological polar surface area (TPSA) is 75.6 Å². The van der Waals surface area contributed by atoms with E-state index < -0.39 is 17.6 Å². The largest absolute Gasteiger partial charge is 0.480 e. The van der Waals surface area contributed by atoms with E-state index in [1.165, 1.54) is 0 Å². The summed E-state index contributed by atoms with van der Waals surface area (Å²) in [5, 5.41) is 11.7. The lowest BCUT2D eigenvalue weighted by atomic mass is 9.77. The minimum atomic E-state index is -1.13. The summed E-state index contributed by atoms with van der Waals surface area (Å²) in [5.74, 6) is -0.441. The van der Waals surface area contributed by atoms with Gasteiger partial charge in [0.25, 0.3) is 0 Å². The van der Waals surface area contributed by atoms with Crippen LogP contribution in [0.3, 0.4) is 0 Å². The predicted octanol–water partition coefficient (Wildman–Crippen LogP) is 1.77. The lowest BCUT2D eigenvalue weighted by Crippen LogP contribution is -2.56. The van der Waals surface area contributed by atoms with Gasteiger partial charge in [-0.2, -0.15) is 0 Å². The van der Waals surface area contributed by atoms with Crippen molar-refractivity contribution in [1.82, 2.24) is 5.32 Å². The van der Waals surface area contributed by atoms with E-state index in [1.54, 1.807) is 6.92 Å². The van der Waals surface area contributed by atoms with E-state index in [2.05, 4.69) is 12.2 Å². The van der Waals surface area contributed by atoms with Crippen LogP contribution in [-0.4, -0.2) is 29.3 Å². The van der Waals surface area contributed by atoms with Crippen molar-refractivity contribution < 1.29 is 19.4 Å². The number of aliphatic carboxylic acids is 1. The van der Waals surface area contributed by atoms with Gasteiger partial charge in [0.05, 0.1) is 6.61 Å². The molecule has 5 nitrogen and oxygen atoms in total. The average Bonchev–Trinajstić information content (AvgIpc) is 2.22. The number of alkyl carbamates (subject to hydrolysis) is 1. The zero-order valence-electron chi connectivity index (χ0n) is 9.78. The van der Waals surface area contributed by atoms with Crippen molar-refractivity contribution in [3.8, 4) is 0 Å². The molecule has 0 radical (unpaired) electrons. The van der Waals surface area contributed by atoms with Gasteiger partial charge in [-0.1, -0.05) is 6.92 Å². The Morgan fingerprint density at radius 2 is 2.00 bits per heavy atom. The molecule has 1 fully saturated rings. The van der Waals surface area contributed by atoms with Crippen molar-refractivity contribution in [2.75, 3.05) is 6.61 Å². The number of nitrogens with one attached hydrogen (secondary N) is 1. The maximum Gasteiger partial charge on any atom is 0.408 e. The Bertz CT molecular complexity index is 269. The number of carboxylic acid groups (broad SMARTS) is 1. The molecular weight excluding hydrogens is 210 g/mol. The van der Waals surface area contributed by atoms with Crippen LogP contribution in [0.15, 0.2) is 0 Å². The number of carboxylic acids is 1. The highest BCUT2D eigenvalue weighted by Crippen LogP contribution is 2.32. The highest BCUT2D eigenvalue weighted by Gasteiger charge is 2.42. The van der Waals surface area contributed by atoms with Gasteiger partial charge in [0.2, 0.25) is 0 Å². The maximum absolute atomic E-state index is 11.3. The number of amides is 1. The lowest BCUT2D eigenvalue weighted by molar-refractivity contribution is -0.146. The van der Waals surface area contributed by atoms with Gasteiger partial charge in [-0.05, 0) is 38.5 Å². The van der Waals surface area contributed by atoms with Gasteiger partial charge in [-0.3, -0.25) is 0 Å². The smallest absolute Gasteiger partial charge is 0.408 e. The lowest BCUT2D eigenvalue weighted by Gasteiger charge is -2.35. The Morgan fingerprint density at radius 3 is 2.44 bits per heavy atom. The minimum absolute atomic E-state index is 0.248. The zero-order valence-corrected chi connectivity index (χ0v) is 9.78. The normalized spacial score (nSPS) is 29.5. The molecule has 5 heteroatoms. The fourth-order valence-electron chi connectivity index (χ4n) is 2.01. The maximum atomic E-state index is 11.3. The molecule has 2 N–H and O–H groups in total. The third kappa shape index (κ3) is 2.87. The van der Waals surface area contributed by atoms with Gasteiger partial charge in [0, 0.05) is 0 Å². The van der Waals surface area contributed by atoms with Crippen LogP contribution in [0, 0.1) is 5.92 Å². The number of rotatable bonds is 3. The number of carbonyl (C=O) groups excluding carboxylic acids is 1. The molecule has 1 amide bonds. The van der Waals surface area contributed by atoms with Gasteiger partial charge < -0.3 is 15.2 Å². The van der Waals surface area contributed by atoms with Crippen LogP contribution in [0.25, 0.3) is 0 Å². The highest BCUT2D eigenvalue weighted by molar-refractivity contribution is 5.84. The molecule has 1 rings (SSSR count). The standard InChI is InChI=1S/C11H19NO4/c1-3-16-10(15)12-11(9(13)14)6-4-8(2)5-7-11/h8H,3-7H2,1-2H3,(H,12,15)(H,13,14). The van der Waals surface area contributed by atoms with Crippen LogP contribution in [-0.2, 0) is 9.53 Å². The molecule has 0 aliphatic heterocycles. The van der Waals surface area contributed by atoms with Crippen LogP contribution in [0.4, 0.5) is 4.79 Å². The van der Waals surface area contributed by atoms with E-state index in [0.29, 0.717) is 18.8 Å². The Hall–Kier alpha value is -1.26. The van der Waals surface area contributed by atoms with Gasteiger partial charge in [-0.25, -0.2) is 9.59 Å². The minimum Gasteiger partial charge on any atom is -0.480 e.